The summed E-state index contributed by atoms with van der Waals surface area (Å²) in [5.74, 6) is 0. The molecule has 0 amide bonds. The second-order valence-corrected chi connectivity index (χ2v) is 2.40. The predicted molar refractivity (Wildman–Crippen MR) is 41.1 cm³/mol. The molecule has 0 bridgehead atoms. The van der Waals surface area contributed by atoms with Gasteiger partial charge in [-0.05, 0) is 13.0 Å². The summed E-state index contributed by atoms with van der Waals surface area (Å²) in [5.41, 5.74) is 0. The second-order valence-electron chi connectivity index (χ2n) is 1.97. The Bertz CT molecular complexity index is 197. The van der Waals surface area contributed by atoms with Crippen LogP contribution >= 0.6 is 11.6 Å². The average molecular weight is 160 g/mol. The normalized spacial score (nSPS) is 10.2. The summed E-state index contributed by atoms with van der Waals surface area (Å²) >= 11 is 5.66. The standard InChI is InChI=1S/C7H10ClNO/c1-2-10-6-9-4-3-7(8)5-9/h3-5H,2,6H2,1H3. The third-order valence-corrected chi connectivity index (χ3v) is 1.38. The van der Waals surface area contributed by atoms with Crippen molar-refractivity contribution in [1.82, 2.24) is 4.57 Å². The van der Waals surface area contributed by atoms with E-state index >= 15 is 0 Å². The number of rotatable bonds is 3. The van der Waals surface area contributed by atoms with Gasteiger partial charge in [0, 0.05) is 19.0 Å². The van der Waals surface area contributed by atoms with Gasteiger partial charge in [-0.2, -0.15) is 0 Å². The SMILES string of the molecule is CCOCn1ccc(Cl)c1. The van der Waals surface area contributed by atoms with Gasteiger partial charge in [-0.3, -0.25) is 0 Å². The van der Waals surface area contributed by atoms with Crippen molar-refractivity contribution >= 4 is 11.6 Å². The third-order valence-electron chi connectivity index (χ3n) is 1.16. The van der Waals surface area contributed by atoms with Gasteiger partial charge in [-0.25, -0.2) is 0 Å². The highest BCUT2D eigenvalue weighted by atomic mass is 35.5. The molecule has 1 rings (SSSR count). The lowest BCUT2D eigenvalue weighted by atomic mass is 10.7. The zero-order valence-corrected chi connectivity index (χ0v) is 6.64. The Kier molecular flexibility index (Phi) is 2.78. The van der Waals surface area contributed by atoms with Gasteiger partial charge in [0.2, 0.25) is 0 Å². The molecule has 0 aliphatic heterocycles. The number of halogens is 1. The summed E-state index contributed by atoms with van der Waals surface area (Å²) < 4.78 is 7.03. The lowest BCUT2D eigenvalue weighted by Gasteiger charge is -2.00. The summed E-state index contributed by atoms with van der Waals surface area (Å²) in [7, 11) is 0. The molecule has 1 aromatic heterocycles. The van der Waals surface area contributed by atoms with Crippen LogP contribution in [0.2, 0.25) is 5.02 Å². The van der Waals surface area contributed by atoms with E-state index in [0.29, 0.717) is 6.73 Å². The van der Waals surface area contributed by atoms with Crippen LogP contribution in [0.3, 0.4) is 0 Å². The van der Waals surface area contributed by atoms with Gasteiger partial charge < -0.3 is 9.30 Å². The fourth-order valence-corrected chi connectivity index (χ4v) is 0.870. The Morgan fingerprint density at radius 3 is 3.00 bits per heavy atom. The van der Waals surface area contributed by atoms with Gasteiger partial charge in [-0.1, -0.05) is 11.6 Å². The predicted octanol–water partition coefficient (Wildman–Crippen LogP) is 2.14. The van der Waals surface area contributed by atoms with E-state index in [1.54, 1.807) is 0 Å². The van der Waals surface area contributed by atoms with Crippen LogP contribution < -0.4 is 0 Å². The molecule has 0 radical (unpaired) electrons. The van der Waals surface area contributed by atoms with Crippen molar-refractivity contribution in [2.24, 2.45) is 0 Å². The number of hydrogen-bond acceptors (Lipinski definition) is 1. The van der Waals surface area contributed by atoms with E-state index in [1.165, 1.54) is 0 Å². The van der Waals surface area contributed by atoms with Crippen LogP contribution in [0.5, 0.6) is 0 Å². The van der Waals surface area contributed by atoms with Crippen molar-refractivity contribution in [1.29, 1.82) is 0 Å². The number of hydrogen-bond donors (Lipinski definition) is 0. The van der Waals surface area contributed by atoms with Crippen LogP contribution in [0.25, 0.3) is 0 Å². The molecular weight excluding hydrogens is 150 g/mol. The molecule has 2 nitrogen and oxygen atoms in total. The summed E-state index contributed by atoms with van der Waals surface area (Å²) in [6.07, 6.45) is 3.72. The Morgan fingerprint density at radius 2 is 2.50 bits per heavy atom. The van der Waals surface area contributed by atoms with E-state index in [4.69, 9.17) is 16.3 Å². The fourth-order valence-electron chi connectivity index (χ4n) is 0.688. The van der Waals surface area contributed by atoms with Crippen molar-refractivity contribution in [2.45, 2.75) is 13.7 Å². The van der Waals surface area contributed by atoms with Crippen LogP contribution in [-0.2, 0) is 11.5 Å². The van der Waals surface area contributed by atoms with Crippen molar-refractivity contribution in [2.75, 3.05) is 6.61 Å². The summed E-state index contributed by atoms with van der Waals surface area (Å²) in [6, 6.07) is 1.83. The van der Waals surface area contributed by atoms with Gasteiger partial charge in [0.25, 0.3) is 0 Å². The molecule has 0 aliphatic rings. The molecule has 0 fully saturated rings. The molecule has 0 saturated heterocycles. The van der Waals surface area contributed by atoms with Crippen molar-refractivity contribution < 1.29 is 4.74 Å². The first kappa shape index (κ1) is 7.63. The highest BCUT2D eigenvalue weighted by Gasteiger charge is 1.90. The lowest BCUT2D eigenvalue weighted by molar-refractivity contribution is 0.0881. The monoisotopic (exact) mass is 159 g/mol. The minimum absolute atomic E-state index is 0.587. The Hall–Kier alpha value is -0.470. The molecule has 0 aromatic carbocycles. The molecule has 0 unspecified atom stereocenters. The fraction of sp³-hybridized carbons (Fsp3) is 0.429. The largest absolute Gasteiger partial charge is 0.361 e. The zero-order chi connectivity index (χ0) is 7.40. The quantitative estimate of drug-likeness (QED) is 0.659. The molecule has 0 saturated carbocycles. The van der Waals surface area contributed by atoms with Crippen LogP contribution in [0.1, 0.15) is 6.92 Å². The van der Waals surface area contributed by atoms with Crippen LogP contribution in [0.15, 0.2) is 18.5 Å². The third kappa shape index (κ3) is 2.05. The molecule has 0 N–H and O–H groups in total. The van der Waals surface area contributed by atoms with Crippen LogP contribution in [0.4, 0.5) is 0 Å². The molecule has 0 spiro atoms. The molecule has 1 aromatic rings. The number of aromatic nitrogens is 1. The first-order valence-corrected chi connectivity index (χ1v) is 3.59. The molecule has 1 heterocycles. The maximum atomic E-state index is 5.66. The lowest BCUT2D eigenvalue weighted by Crippen LogP contribution is -1.98. The van der Waals surface area contributed by atoms with Gasteiger partial charge in [-0.15, -0.1) is 0 Å². The Balaban J connectivity index is 2.42. The summed E-state index contributed by atoms with van der Waals surface area (Å²) in [6.45, 7) is 3.28. The van der Waals surface area contributed by atoms with Crippen LogP contribution in [0, 0.1) is 0 Å². The Labute approximate surface area is 65.4 Å². The molecular formula is C7H10ClNO. The van der Waals surface area contributed by atoms with Crippen molar-refractivity contribution in [3.8, 4) is 0 Å². The van der Waals surface area contributed by atoms with E-state index in [2.05, 4.69) is 0 Å². The van der Waals surface area contributed by atoms with Gasteiger partial charge in [0.1, 0.15) is 6.73 Å². The first-order chi connectivity index (χ1) is 4.83. The van der Waals surface area contributed by atoms with Crippen molar-refractivity contribution in [3.63, 3.8) is 0 Å². The van der Waals surface area contributed by atoms with E-state index < -0.39 is 0 Å². The summed E-state index contributed by atoms with van der Waals surface area (Å²) in [4.78, 5) is 0. The zero-order valence-electron chi connectivity index (χ0n) is 5.88. The van der Waals surface area contributed by atoms with E-state index in [0.717, 1.165) is 11.6 Å². The highest BCUT2D eigenvalue weighted by molar-refractivity contribution is 6.30. The second kappa shape index (κ2) is 3.64. The molecule has 56 valence electrons. The minimum Gasteiger partial charge on any atom is -0.361 e. The van der Waals surface area contributed by atoms with E-state index in [1.807, 2.05) is 30.0 Å². The van der Waals surface area contributed by atoms with Crippen molar-refractivity contribution in [3.05, 3.63) is 23.5 Å². The Morgan fingerprint density at radius 1 is 1.70 bits per heavy atom. The maximum Gasteiger partial charge on any atom is 0.122 e. The topological polar surface area (TPSA) is 14.2 Å². The highest BCUT2D eigenvalue weighted by Crippen LogP contribution is 2.07. The average Bonchev–Trinajstić information content (AvgIpc) is 2.31. The van der Waals surface area contributed by atoms with Gasteiger partial charge in [0.05, 0.1) is 5.02 Å². The van der Waals surface area contributed by atoms with E-state index in [-0.39, 0.29) is 0 Å². The number of ether oxygens (including phenoxy) is 1. The molecule has 3 heteroatoms. The van der Waals surface area contributed by atoms with E-state index in [9.17, 15) is 0 Å². The van der Waals surface area contributed by atoms with Gasteiger partial charge in [0.15, 0.2) is 0 Å². The maximum absolute atomic E-state index is 5.66. The smallest absolute Gasteiger partial charge is 0.122 e. The summed E-state index contributed by atoms with van der Waals surface area (Å²) in [5, 5.41) is 0.750. The minimum atomic E-state index is 0.587. The molecule has 0 aliphatic carbocycles. The molecule has 10 heavy (non-hydrogen) atoms. The van der Waals surface area contributed by atoms with Crippen LogP contribution in [-0.4, -0.2) is 11.2 Å². The molecule has 0 atom stereocenters. The number of nitrogens with zero attached hydrogens (tertiary/aromatic N) is 1. The van der Waals surface area contributed by atoms with Gasteiger partial charge >= 0.3 is 0 Å². The first-order valence-electron chi connectivity index (χ1n) is 3.22.